The zero-order chi connectivity index (χ0) is 21.3. The maximum Gasteiger partial charge on any atom is 0.303 e. The van der Waals surface area contributed by atoms with E-state index >= 15 is 0 Å². The molecule has 0 aromatic heterocycles. The summed E-state index contributed by atoms with van der Waals surface area (Å²) in [5.74, 6) is -0.0471. The van der Waals surface area contributed by atoms with Gasteiger partial charge in [-0.15, -0.1) is 0 Å². The van der Waals surface area contributed by atoms with Crippen LogP contribution in [0, 0.1) is 22.7 Å². The highest BCUT2D eigenvalue weighted by atomic mass is 32.2. The number of benzene rings is 1. The second-order valence-corrected chi connectivity index (χ2v) is 11.1. The number of nitrogens with one attached hydrogen (secondary N) is 1. The van der Waals surface area contributed by atoms with Crippen LogP contribution in [-0.2, 0) is 14.8 Å². The van der Waals surface area contributed by atoms with Crippen molar-refractivity contribution in [3.63, 3.8) is 0 Å². The molecule has 29 heavy (non-hydrogen) atoms. The maximum absolute atomic E-state index is 13.1. The van der Waals surface area contributed by atoms with E-state index in [1.165, 1.54) is 0 Å². The molecule has 2 fully saturated rings. The highest BCUT2D eigenvalue weighted by Gasteiger charge is 2.66. The molecule has 1 aromatic carbocycles. The number of rotatable bonds is 9. The van der Waals surface area contributed by atoms with Crippen LogP contribution in [0.2, 0.25) is 0 Å². The summed E-state index contributed by atoms with van der Waals surface area (Å²) in [5, 5.41) is 8.75. The van der Waals surface area contributed by atoms with Crippen molar-refractivity contribution in [2.24, 2.45) is 22.7 Å². The Hall–Kier alpha value is -1.66. The summed E-state index contributed by atoms with van der Waals surface area (Å²) in [5.41, 5.74) is -0.0139. The van der Waals surface area contributed by atoms with E-state index in [0.29, 0.717) is 17.2 Å². The molecule has 0 radical (unpaired) electrons. The largest absolute Gasteiger partial charge is 0.481 e. The summed E-state index contributed by atoms with van der Waals surface area (Å²) >= 11 is 0. The molecule has 3 rings (SSSR count). The van der Waals surface area contributed by atoms with Gasteiger partial charge in [0, 0.05) is 12.5 Å². The number of hydrogen-bond acceptors (Lipinski definition) is 3. The van der Waals surface area contributed by atoms with Crippen LogP contribution in [0.3, 0.4) is 0 Å². The van der Waals surface area contributed by atoms with E-state index in [4.69, 9.17) is 5.11 Å². The van der Waals surface area contributed by atoms with Crippen molar-refractivity contribution in [2.45, 2.75) is 70.2 Å². The predicted octanol–water partition coefficient (Wildman–Crippen LogP) is 4.61. The number of carbonyl (C=O) groups is 1. The minimum Gasteiger partial charge on any atom is -0.481 e. The summed E-state index contributed by atoms with van der Waals surface area (Å²) in [6.07, 6.45) is 8.71. The van der Waals surface area contributed by atoms with Crippen LogP contribution >= 0.6 is 0 Å². The fourth-order valence-corrected chi connectivity index (χ4v) is 7.09. The predicted molar refractivity (Wildman–Crippen MR) is 114 cm³/mol. The third-order valence-corrected chi connectivity index (χ3v) is 9.13. The van der Waals surface area contributed by atoms with Crippen molar-refractivity contribution in [1.82, 2.24) is 4.72 Å². The first kappa shape index (κ1) is 22.0. The Labute approximate surface area is 174 Å². The quantitative estimate of drug-likeness (QED) is 0.452. The van der Waals surface area contributed by atoms with Gasteiger partial charge >= 0.3 is 5.97 Å². The molecule has 0 heterocycles. The lowest BCUT2D eigenvalue weighted by Gasteiger charge is -2.40. The molecule has 2 aliphatic rings. The van der Waals surface area contributed by atoms with Crippen molar-refractivity contribution < 1.29 is 18.3 Å². The number of fused-ring (bicyclic) bond motifs is 2. The number of sulfonamides is 1. The van der Waals surface area contributed by atoms with Gasteiger partial charge in [0.25, 0.3) is 0 Å². The van der Waals surface area contributed by atoms with E-state index in [9.17, 15) is 13.2 Å². The normalized spacial score (nSPS) is 30.8. The van der Waals surface area contributed by atoms with Crippen LogP contribution in [-0.4, -0.2) is 25.5 Å². The fourth-order valence-electron chi connectivity index (χ4n) is 5.67. The number of hydrogen-bond donors (Lipinski definition) is 2. The molecule has 5 nitrogen and oxygen atoms in total. The van der Waals surface area contributed by atoms with Crippen LogP contribution in [0.5, 0.6) is 0 Å². The Morgan fingerprint density at radius 3 is 2.55 bits per heavy atom. The molecule has 2 N–H and O–H groups in total. The van der Waals surface area contributed by atoms with Gasteiger partial charge in [-0.3, -0.25) is 4.79 Å². The number of allylic oxidation sites excluding steroid dienone is 2. The van der Waals surface area contributed by atoms with Gasteiger partial charge in [-0.2, -0.15) is 0 Å². The lowest BCUT2D eigenvalue weighted by molar-refractivity contribution is -0.137. The summed E-state index contributed by atoms with van der Waals surface area (Å²) in [7, 11) is -3.58. The molecular weight excluding hydrogens is 386 g/mol. The third-order valence-electron chi connectivity index (χ3n) is 7.68. The molecule has 2 saturated carbocycles. The topological polar surface area (TPSA) is 83.5 Å². The van der Waals surface area contributed by atoms with E-state index < -0.39 is 16.0 Å². The van der Waals surface area contributed by atoms with E-state index in [0.717, 1.165) is 25.7 Å². The minimum absolute atomic E-state index is 0.0681. The van der Waals surface area contributed by atoms with Gasteiger partial charge < -0.3 is 5.11 Å². The molecule has 0 spiro atoms. The Kier molecular flexibility index (Phi) is 6.25. The van der Waals surface area contributed by atoms with Gasteiger partial charge in [-0.1, -0.05) is 51.1 Å². The molecule has 0 aliphatic heterocycles. The van der Waals surface area contributed by atoms with Crippen molar-refractivity contribution in [1.29, 1.82) is 0 Å². The minimum atomic E-state index is -3.58. The molecule has 1 aromatic rings. The molecular formula is C23H33NO4S. The molecule has 0 saturated heterocycles. The van der Waals surface area contributed by atoms with Crippen molar-refractivity contribution in [3.05, 3.63) is 42.5 Å². The van der Waals surface area contributed by atoms with Gasteiger partial charge in [-0.05, 0) is 66.9 Å². The van der Waals surface area contributed by atoms with Crippen molar-refractivity contribution in [3.8, 4) is 0 Å². The zero-order valence-electron chi connectivity index (χ0n) is 17.6. The summed E-state index contributed by atoms with van der Waals surface area (Å²) in [6, 6.07) is 8.49. The second-order valence-electron chi connectivity index (χ2n) is 9.35. The standard InChI is InChI=1S/C23H33NO4S/c1-22(2)19-15-16-23(22,3)21(18(19)13-9-4-5-10-14-20(25)26)24-29(27,28)17-11-7-6-8-12-17/h4,6-9,11-12,18-19,21,24H,5,10,13-16H2,1-3H3,(H,25,26). The van der Waals surface area contributed by atoms with Gasteiger partial charge in [0.2, 0.25) is 10.0 Å². The zero-order valence-corrected chi connectivity index (χ0v) is 18.4. The first-order valence-electron chi connectivity index (χ1n) is 10.5. The van der Waals surface area contributed by atoms with E-state index in [2.05, 4.69) is 31.6 Å². The smallest absolute Gasteiger partial charge is 0.303 e. The number of carboxylic acid groups (broad SMARTS) is 1. The summed E-state index contributed by atoms with van der Waals surface area (Å²) in [6.45, 7) is 6.80. The van der Waals surface area contributed by atoms with Crippen molar-refractivity contribution in [2.75, 3.05) is 0 Å². The Balaban J connectivity index is 1.77. The summed E-state index contributed by atoms with van der Waals surface area (Å²) in [4.78, 5) is 11.0. The van der Waals surface area contributed by atoms with Crippen LogP contribution in [0.25, 0.3) is 0 Å². The van der Waals surface area contributed by atoms with Crippen LogP contribution in [0.1, 0.15) is 59.3 Å². The Bertz CT molecular complexity index is 862. The van der Waals surface area contributed by atoms with Gasteiger partial charge in [0.05, 0.1) is 4.90 Å². The first-order valence-corrected chi connectivity index (χ1v) is 12.0. The molecule has 4 unspecified atom stereocenters. The maximum atomic E-state index is 13.1. The highest BCUT2D eigenvalue weighted by molar-refractivity contribution is 7.89. The number of unbranched alkanes of at least 4 members (excludes halogenated alkanes) is 1. The number of aliphatic carboxylic acids is 1. The Morgan fingerprint density at radius 2 is 1.90 bits per heavy atom. The Morgan fingerprint density at radius 1 is 1.21 bits per heavy atom. The molecule has 4 atom stereocenters. The van der Waals surface area contributed by atoms with Crippen LogP contribution < -0.4 is 4.72 Å². The first-order chi connectivity index (χ1) is 13.6. The highest BCUT2D eigenvalue weighted by Crippen LogP contribution is 2.68. The van der Waals surface area contributed by atoms with Crippen LogP contribution in [0.15, 0.2) is 47.4 Å². The second kappa shape index (κ2) is 8.23. The average molecular weight is 420 g/mol. The molecule has 2 aliphatic carbocycles. The van der Waals surface area contributed by atoms with Crippen LogP contribution in [0.4, 0.5) is 0 Å². The molecule has 2 bridgehead atoms. The molecule has 6 heteroatoms. The van der Waals surface area contributed by atoms with Gasteiger partial charge in [0.1, 0.15) is 0 Å². The van der Waals surface area contributed by atoms with Gasteiger partial charge in [0.15, 0.2) is 0 Å². The monoisotopic (exact) mass is 419 g/mol. The average Bonchev–Trinajstić information content (AvgIpc) is 2.98. The van der Waals surface area contributed by atoms with E-state index in [1.807, 2.05) is 12.1 Å². The van der Waals surface area contributed by atoms with Crippen molar-refractivity contribution >= 4 is 16.0 Å². The molecule has 160 valence electrons. The summed E-state index contributed by atoms with van der Waals surface area (Å²) < 4.78 is 29.2. The number of carboxylic acids is 1. The lowest BCUT2D eigenvalue weighted by Crippen LogP contribution is -2.49. The third kappa shape index (κ3) is 4.15. The molecule has 0 amide bonds. The van der Waals surface area contributed by atoms with E-state index in [-0.39, 0.29) is 29.2 Å². The fraction of sp³-hybridized carbons (Fsp3) is 0.609. The van der Waals surface area contributed by atoms with Gasteiger partial charge in [-0.25, -0.2) is 13.1 Å². The lowest BCUT2D eigenvalue weighted by atomic mass is 9.69. The van der Waals surface area contributed by atoms with E-state index in [1.54, 1.807) is 24.3 Å². The SMILES string of the molecule is CC1(C)C2CCC1(C)C(NS(=O)(=O)c1ccccc1)C2CC=CCCCC(=O)O.